The van der Waals surface area contributed by atoms with E-state index in [-0.39, 0.29) is 42.4 Å². The van der Waals surface area contributed by atoms with Gasteiger partial charge in [0.1, 0.15) is 6.04 Å². The molecule has 0 radical (unpaired) electrons. The number of hydrogen-bond acceptors (Lipinski definition) is 5. The second-order valence-electron chi connectivity index (χ2n) is 9.48. The van der Waals surface area contributed by atoms with Crippen molar-refractivity contribution < 1.29 is 23.9 Å². The van der Waals surface area contributed by atoms with Gasteiger partial charge in [-0.05, 0) is 63.1 Å². The summed E-state index contributed by atoms with van der Waals surface area (Å²) in [4.78, 5) is 41.0. The summed E-state index contributed by atoms with van der Waals surface area (Å²) in [5.41, 5.74) is 0.425. The highest BCUT2D eigenvalue weighted by Crippen LogP contribution is 2.33. The molecule has 8 heteroatoms. The van der Waals surface area contributed by atoms with E-state index in [1.54, 1.807) is 18.2 Å². The summed E-state index contributed by atoms with van der Waals surface area (Å²) in [5, 5.41) is 6.00. The summed E-state index contributed by atoms with van der Waals surface area (Å²) in [7, 11) is 0. The van der Waals surface area contributed by atoms with Gasteiger partial charge in [0.15, 0.2) is 11.5 Å². The molecule has 8 nitrogen and oxygen atoms in total. The molecule has 4 rings (SSSR count). The predicted molar refractivity (Wildman–Crippen MR) is 123 cm³/mol. The molecule has 1 saturated carbocycles. The van der Waals surface area contributed by atoms with E-state index in [1.807, 2.05) is 18.7 Å². The van der Waals surface area contributed by atoms with Crippen molar-refractivity contribution in [3.8, 4) is 11.5 Å². The molecular weight excluding hydrogens is 422 g/mol. The molecule has 1 aromatic carbocycles. The maximum atomic E-state index is 13.1. The lowest BCUT2D eigenvalue weighted by Gasteiger charge is -2.37. The first-order valence-electron chi connectivity index (χ1n) is 12.3. The maximum absolute atomic E-state index is 13.1. The number of likely N-dealkylation sites (tertiary alicyclic amines) is 1. The van der Waals surface area contributed by atoms with Gasteiger partial charge in [-0.15, -0.1) is 0 Å². The Morgan fingerprint density at radius 1 is 1.03 bits per heavy atom. The van der Waals surface area contributed by atoms with Crippen LogP contribution in [0.2, 0.25) is 0 Å². The topological polar surface area (TPSA) is 97.0 Å². The van der Waals surface area contributed by atoms with Crippen LogP contribution in [-0.4, -0.2) is 54.6 Å². The highest BCUT2D eigenvalue weighted by Gasteiger charge is 2.36. The van der Waals surface area contributed by atoms with Crippen LogP contribution in [0.1, 0.15) is 69.2 Å². The SMILES string of the molecule is CC[C@@H](C)NC(=O)[C@H](NC(=O)c1ccc2c(c1)OCO2)C1CCN(C(=O)C2CCCC2)CC1. The van der Waals surface area contributed by atoms with Crippen LogP contribution in [0.3, 0.4) is 0 Å². The molecule has 2 N–H and O–H groups in total. The lowest BCUT2D eigenvalue weighted by atomic mass is 9.87. The van der Waals surface area contributed by atoms with Crippen LogP contribution < -0.4 is 20.1 Å². The number of piperidine rings is 1. The van der Waals surface area contributed by atoms with E-state index in [4.69, 9.17) is 9.47 Å². The van der Waals surface area contributed by atoms with Crippen molar-refractivity contribution >= 4 is 17.7 Å². The van der Waals surface area contributed by atoms with Gasteiger partial charge in [-0.3, -0.25) is 14.4 Å². The van der Waals surface area contributed by atoms with Gasteiger partial charge in [-0.1, -0.05) is 19.8 Å². The fraction of sp³-hybridized carbons (Fsp3) is 0.640. The van der Waals surface area contributed by atoms with Crippen molar-refractivity contribution in [1.29, 1.82) is 0 Å². The minimum atomic E-state index is -0.652. The summed E-state index contributed by atoms with van der Waals surface area (Å²) in [5.74, 6) is 1.05. The Balaban J connectivity index is 1.43. The van der Waals surface area contributed by atoms with Gasteiger partial charge in [0.2, 0.25) is 18.6 Å². The van der Waals surface area contributed by atoms with E-state index in [2.05, 4.69) is 10.6 Å². The predicted octanol–water partition coefficient (Wildman–Crippen LogP) is 2.86. The Labute approximate surface area is 195 Å². The van der Waals surface area contributed by atoms with E-state index >= 15 is 0 Å². The zero-order valence-corrected chi connectivity index (χ0v) is 19.6. The Kier molecular flexibility index (Phi) is 7.40. The molecule has 180 valence electrons. The molecule has 33 heavy (non-hydrogen) atoms. The zero-order valence-electron chi connectivity index (χ0n) is 19.6. The van der Waals surface area contributed by atoms with Crippen molar-refractivity contribution in [3.05, 3.63) is 23.8 Å². The Bertz CT molecular complexity index is 875. The molecule has 1 saturated heterocycles. The molecule has 3 aliphatic rings. The van der Waals surface area contributed by atoms with E-state index in [9.17, 15) is 14.4 Å². The molecule has 0 bridgehead atoms. The van der Waals surface area contributed by atoms with Crippen molar-refractivity contribution in [2.75, 3.05) is 19.9 Å². The Morgan fingerprint density at radius 2 is 1.73 bits per heavy atom. The molecule has 3 amide bonds. The van der Waals surface area contributed by atoms with Gasteiger partial charge in [-0.2, -0.15) is 0 Å². The van der Waals surface area contributed by atoms with Crippen LogP contribution in [0.4, 0.5) is 0 Å². The highest BCUT2D eigenvalue weighted by molar-refractivity contribution is 5.98. The summed E-state index contributed by atoms with van der Waals surface area (Å²) in [6, 6.07) is 4.39. The number of rotatable bonds is 7. The number of amides is 3. The van der Waals surface area contributed by atoms with Crippen LogP contribution in [0, 0.1) is 11.8 Å². The third-order valence-corrected chi connectivity index (χ3v) is 7.23. The Morgan fingerprint density at radius 3 is 2.42 bits per heavy atom. The van der Waals surface area contributed by atoms with E-state index < -0.39 is 6.04 Å². The lowest BCUT2D eigenvalue weighted by molar-refractivity contribution is -0.137. The number of carbonyl (C=O) groups excluding carboxylic acids is 3. The number of nitrogens with zero attached hydrogens (tertiary/aromatic N) is 1. The van der Waals surface area contributed by atoms with E-state index in [1.165, 1.54) is 0 Å². The molecular formula is C25H35N3O5. The molecule has 2 aliphatic heterocycles. The summed E-state index contributed by atoms with van der Waals surface area (Å²) in [6.07, 6.45) is 6.45. The first-order chi connectivity index (χ1) is 16.0. The summed E-state index contributed by atoms with van der Waals surface area (Å²) < 4.78 is 10.7. The minimum absolute atomic E-state index is 0.0199. The van der Waals surface area contributed by atoms with Gasteiger partial charge in [0.05, 0.1) is 0 Å². The average molecular weight is 458 g/mol. The molecule has 2 fully saturated rings. The molecule has 0 unspecified atom stereocenters. The normalized spacial score (nSPS) is 20.4. The fourth-order valence-corrected chi connectivity index (χ4v) is 4.98. The number of ether oxygens (including phenoxy) is 2. The van der Waals surface area contributed by atoms with Crippen LogP contribution in [0.15, 0.2) is 18.2 Å². The van der Waals surface area contributed by atoms with Crippen LogP contribution >= 0.6 is 0 Å². The molecule has 0 aromatic heterocycles. The van der Waals surface area contributed by atoms with Crippen molar-refractivity contribution in [3.63, 3.8) is 0 Å². The van der Waals surface area contributed by atoms with Gasteiger partial charge in [0, 0.05) is 30.6 Å². The summed E-state index contributed by atoms with van der Waals surface area (Å²) in [6.45, 7) is 5.37. The van der Waals surface area contributed by atoms with Crippen LogP contribution in [0.25, 0.3) is 0 Å². The number of carbonyl (C=O) groups is 3. The second-order valence-corrected chi connectivity index (χ2v) is 9.48. The third-order valence-electron chi connectivity index (χ3n) is 7.23. The van der Waals surface area contributed by atoms with Crippen LogP contribution in [0.5, 0.6) is 11.5 Å². The molecule has 0 spiro atoms. The first kappa shape index (κ1) is 23.4. The summed E-state index contributed by atoms with van der Waals surface area (Å²) >= 11 is 0. The second kappa shape index (κ2) is 10.4. The maximum Gasteiger partial charge on any atom is 0.252 e. The number of benzene rings is 1. The van der Waals surface area contributed by atoms with Crippen molar-refractivity contribution in [2.24, 2.45) is 11.8 Å². The zero-order chi connectivity index (χ0) is 23.4. The highest BCUT2D eigenvalue weighted by atomic mass is 16.7. The molecule has 2 atom stereocenters. The quantitative estimate of drug-likeness (QED) is 0.656. The monoisotopic (exact) mass is 457 g/mol. The van der Waals surface area contributed by atoms with E-state index in [0.717, 1.165) is 32.1 Å². The van der Waals surface area contributed by atoms with Crippen molar-refractivity contribution in [2.45, 2.75) is 70.9 Å². The first-order valence-corrected chi connectivity index (χ1v) is 12.3. The van der Waals surface area contributed by atoms with Gasteiger partial charge < -0.3 is 25.0 Å². The molecule has 2 heterocycles. The van der Waals surface area contributed by atoms with E-state index in [0.29, 0.717) is 43.0 Å². The molecule has 1 aromatic rings. The number of fused-ring (bicyclic) bond motifs is 1. The third kappa shape index (κ3) is 5.42. The minimum Gasteiger partial charge on any atom is -0.454 e. The fourth-order valence-electron chi connectivity index (χ4n) is 4.98. The molecule has 1 aliphatic carbocycles. The lowest BCUT2D eigenvalue weighted by Crippen LogP contribution is -2.55. The average Bonchev–Trinajstić information content (AvgIpc) is 3.53. The van der Waals surface area contributed by atoms with Gasteiger partial charge in [-0.25, -0.2) is 0 Å². The van der Waals surface area contributed by atoms with Gasteiger partial charge >= 0.3 is 0 Å². The standard InChI is InChI=1S/C25H35N3O5/c1-3-16(2)26-24(30)22(27-23(29)19-8-9-20-21(14-19)33-15-32-20)17-10-12-28(13-11-17)25(31)18-6-4-5-7-18/h8-9,14,16-18,22H,3-7,10-13,15H2,1-2H3,(H,26,30)(H,27,29)/t16-,22-/m1/s1. The van der Waals surface area contributed by atoms with Gasteiger partial charge in [0.25, 0.3) is 5.91 Å². The van der Waals surface area contributed by atoms with Crippen LogP contribution in [-0.2, 0) is 9.59 Å². The Hall–Kier alpha value is -2.77. The van der Waals surface area contributed by atoms with Crippen molar-refractivity contribution in [1.82, 2.24) is 15.5 Å². The number of hydrogen-bond donors (Lipinski definition) is 2. The largest absolute Gasteiger partial charge is 0.454 e. The smallest absolute Gasteiger partial charge is 0.252 e. The number of nitrogens with one attached hydrogen (secondary N) is 2.